The first-order chi connectivity index (χ1) is 11.7. The lowest BCUT2D eigenvalue weighted by atomic mass is 10.2. The predicted molar refractivity (Wildman–Crippen MR) is 95.1 cm³/mol. The molecule has 2 aromatic rings. The molecular weight excluding hydrogens is 302 g/mol. The molecule has 3 rings (SSSR count). The van der Waals surface area contributed by atoms with Crippen LogP contribution in [-0.2, 0) is 4.79 Å². The van der Waals surface area contributed by atoms with Crippen molar-refractivity contribution in [2.45, 2.75) is 13.3 Å². The van der Waals surface area contributed by atoms with E-state index in [2.05, 4.69) is 39.2 Å². The number of rotatable bonds is 5. The smallest absolute Gasteiger partial charge is 0.225 e. The van der Waals surface area contributed by atoms with Crippen LogP contribution < -0.4 is 10.2 Å². The van der Waals surface area contributed by atoms with Crippen molar-refractivity contribution in [1.82, 2.24) is 14.9 Å². The summed E-state index contributed by atoms with van der Waals surface area (Å²) in [5.74, 6) is 0.939. The molecule has 0 atom stereocenters. The third-order valence-corrected chi connectivity index (χ3v) is 4.15. The van der Waals surface area contributed by atoms with E-state index in [1.165, 1.54) is 5.56 Å². The summed E-state index contributed by atoms with van der Waals surface area (Å²) in [5, 5.41) is 3.31. The van der Waals surface area contributed by atoms with Crippen molar-refractivity contribution >= 4 is 17.5 Å². The fourth-order valence-electron chi connectivity index (χ4n) is 2.84. The normalized spacial score (nSPS) is 14.5. The Balaban J connectivity index is 1.42. The summed E-state index contributed by atoms with van der Waals surface area (Å²) in [6, 6.07) is 10.0. The zero-order valence-electron chi connectivity index (χ0n) is 14.0. The first kappa shape index (κ1) is 16.2. The van der Waals surface area contributed by atoms with Crippen LogP contribution in [0.1, 0.15) is 12.0 Å². The number of carbonyl (C=O) groups excluding carboxylic acids is 1. The van der Waals surface area contributed by atoms with Crippen LogP contribution in [0, 0.1) is 6.92 Å². The highest BCUT2D eigenvalue weighted by molar-refractivity contribution is 5.77. The highest BCUT2D eigenvalue weighted by atomic mass is 16.2. The molecule has 0 bridgehead atoms. The van der Waals surface area contributed by atoms with E-state index in [9.17, 15) is 4.79 Å². The van der Waals surface area contributed by atoms with E-state index in [1.807, 2.05) is 23.1 Å². The minimum absolute atomic E-state index is 0.198. The summed E-state index contributed by atoms with van der Waals surface area (Å²) in [6.45, 7) is 5.72. The largest absolute Gasteiger partial charge is 0.385 e. The van der Waals surface area contributed by atoms with Crippen molar-refractivity contribution in [3.05, 3.63) is 48.3 Å². The molecule has 0 radical (unpaired) electrons. The number of benzene rings is 1. The van der Waals surface area contributed by atoms with E-state index in [1.54, 1.807) is 12.4 Å². The van der Waals surface area contributed by atoms with Crippen LogP contribution in [0.15, 0.2) is 42.7 Å². The van der Waals surface area contributed by atoms with Gasteiger partial charge in [-0.2, -0.15) is 0 Å². The molecule has 1 aromatic heterocycles. The summed E-state index contributed by atoms with van der Waals surface area (Å²) in [5.41, 5.74) is 2.28. The van der Waals surface area contributed by atoms with Gasteiger partial charge in [0.2, 0.25) is 11.9 Å². The number of aryl methyl sites for hydroxylation is 1. The average Bonchev–Trinajstić information content (AvgIpc) is 2.63. The Morgan fingerprint density at radius 3 is 2.58 bits per heavy atom. The number of piperazine rings is 1. The van der Waals surface area contributed by atoms with Crippen molar-refractivity contribution in [3.63, 3.8) is 0 Å². The first-order valence-electron chi connectivity index (χ1n) is 8.33. The third-order valence-electron chi connectivity index (χ3n) is 4.15. The monoisotopic (exact) mass is 325 g/mol. The zero-order chi connectivity index (χ0) is 16.8. The van der Waals surface area contributed by atoms with Gasteiger partial charge in [-0.05, 0) is 30.7 Å². The molecule has 0 saturated carbocycles. The SMILES string of the molecule is Cc1cccc(NCCC(=O)N2CCN(c3ncccn3)CC2)c1. The molecule has 1 aliphatic heterocycles. The molecule has 126 valence electrons. The molecule has 1 saturated heterocycles. The fraction of sp³-hybridized carbons (Fsp3) is 0.389. The number of hydrogen-bond donors (Lipinski definition) is 1. The summed E-state index contributed by atoms with van der Waals surface area (Å²) in [6.07, 6.45) is 4.00. The molecule has 6 nitrogen and oxygen atoms in total. The highest BCUT2D eigenvalue weighted by Gasteiger charge is 2.21. The molecule has 1 fully saturated rings. The van der Waals surface area contributed by atoms with Gasteiger partial charge in [0.05, 0.1) is 0 Å². The quantitative estimate of drug-likeness (QED) is 0.910. The van der Waals surface area contributed by atoms with Crippen LogP contribution in [-0.4, -0.2) is 53.5 Å². The van der Waals surface area contributed by atoms with E-state index in [-0.39, 0.29) is 5.91 Å². The van der Waals surface area contributed by atoms with Gasteiger partial charge in [0.25, 0.3) is 0 Å². The summed E-state index contributed by atoms with van der Waals surface area (Å²) in [7, 11) is 0. The lowest BCUT2D eigenvalue weighted by Gasteiger charge is -2.34. The second-order valence-electron chi connectivity index (χ2n) is 5.96. The van der Waals surface area contributed by atoms with E-state index in [4.69, 9.17) is 0 Å². The van der Waals surface area contributed by atoms with Crippen molar-refractivity contribution < 1.29 is 4.79 Å². The molecule has 6 heteroatoms. The van der Waals surface area contributed by atoms with Crippen LogP contribution in [0.2, 0.25) is 0 Å². The molecule has 24 heavy (non-hydrogen) atoms. The van der Waals surface area contributed by atoms with Gasteiger partial charge in [0.1, 0.15) is 0 Å². The summed E-state index contributed by atoms with van der Waals surface area (Å²) >= 11 is 0. The van der Waals surface area contributed by atoms with Gasteiger partial charge in [0, 0.05) is 57.2 Å². The van der Waals surface area contributed by atoms with Gasteiger partial charge in [-0.15, -0.1) is 0 Å². The molecule has 1 amide bonds. The number of anilines is 2. The maximum atomic E-state index is 12.3. The maximum Gasteiger partial charge on any atom is 0.225 e. The van der Waals surface area contributed by atoms with E-state index in [0.29, 0.717) is 13.0 Å². The van der Waals surface area contributed by atoms with Crippen molar-refractivity contribution in [1.29, 1.82) is 0 Å². The van der Waals surface area contributed by atoms with Crippen LogP contribution in [0.25, 0.3) is 0 Å². The van der Waals surface area contributed by atoms with Crippen LogP contribution >= 0.6 is 0 Å². The molecule has 1 aliphatic rings. The number of hydrogen-bond acceptors (Lipinski definition) is 5. The lowest BCUT2D eigenvalue weighted by Crippen LogP contribution is -2.49. The van der Waals surface area contributed by atoms with E-state index >= 15 is 0 Å². The third kappa shape index (κ3) is 4.22. The molecule has 0 aliphatic carbocycles. The second kappa shape index (κ2) is 7.77. The fourth-order valence-corrected chi connectivity index (χ4v) is 2.84. The minimum atomic E-state index is 0.198. The predicted octanol–water partition coefficient (Wildman–Crippen LogP) is 1.94. The molecule has 1 aromatic carbocycles. The van der Waals surface area contributed by atoms with Gasteiger partial charge in [-0.3, -0.25) is 4.79 Å². The topological polar surface area (TPSA) is 61.4 Å². The Bertz CT molecular complexity index is 668. The minimum Gasteiger partial charge on any atom is -0.385 e. The number of aromatic nitrogens is 2. The van der Waals surface area contributed by atoms with Crippen LogP contribution in [0.4, 0.5) is 11.6 Å². The lowest BCUT2D eigenvalue weighted by molar-refractivity contribution is -0.131. The van der Waals surface area contributed by atoms with Crippen molar-refractivity contribution in [3.8, 4) is 0 Å². The van der Waals surface area contributed by atoms with Gasteiger partial charge < -0.3 is 15.1 Å². The van der Waals surface area contributed by atoms with E-state index in [0.717, 1.165) is 37.8 Å². The number of amides is 1. The van der Waals surface area contributed by atoms with Gasteiger partial charge in [0.15, 0.2) is 0 Å². The second-order valence-corrected chi connectivity index (χ2v) is 5.96. The van der Waals surface area contributed by atoms with Gasteiger partial charge in [-0.25, -0.2) is 9.97 Å². The van der Waals surface area contributed by atoms with Crippen LogP contribution in [0.3, 0.4) is 0 Å². The van der Waals surface area contributed by atoms with Crippen molar-refractivity contribution in [2.75, 3.05) is 42.9 Å². The summed E-state index contributed by atoms with van der Waals surface area (Å²) < 4.78 is 0. The molecule has 2 heterocycles. The zero-order valence-corrected chi connectivity index (χ0v) is 14.0. The van der Waals surface area contributed by atoms with E-state index < -0.39 is 0 Å². The Kier molecular flexibility index (Phi) is 5.25. The molecule has 0 spiro atoms. The van der Waals surface area contributed by atoms with Crippen molar-refractivity contribution in [2.24, 2.45) is 0 Å². The number of nitrogens with zero attached hydrogens (tertiary/aromatic N) is 4. The van der Waals surface area contributed by atoms with Crippen LogP contribution in [0.5, 0.6) is 0 Å². The van der Waals surface area contributed by atoms with Gasteiger partial charge in [-0.1, -0.05) is 12.1 Å². The van der Waals surface area contributed by atoms with Gasteiger partial charge >= 0.3 is 0 Å². The number of carbonyl (C=O) groups is 1. The highest BCUT2D eigenvalue weighted by Crippen LogP contribution is 2.12. The Morgan fingerprint density at radius 1 is 1.12 bits per heavy atom. The average molecular weight is 325 g/mol. The molecule has 0 unspecified atom stereocenters. The molecular formula is C18H23N5O. The first-order valence-corrected chi connectivity index (χ1v) is 8.33. The Hall–Kier alpha value is -2.63. The molecule has 1 N–H and O–H groups in total. The summed E-state index contributed by atoms with van der Waals surface area (Å²) in [4.78, 5) is 24.9. The standard InChI is InChI=1S/C18H23N5O/c1-15-4-2-5-16(14-15)19-9-6-17(24)22-10-12-23(13-11-22)18-20-7-3-8-21-18/h2-5,7-8,14,19H,6,9-13H2,1H3. The number of nitrogens with one attached hydrogen (secondary N) is 1. The Morgan fingerprint density at radius 2 is 1.88 bits per heavy atom. The Labute approximate surface area is 142 Å². The maximum absolute atomic E-state index is 12.3.